The average Bonchev–Trinajstić information content (AvgIpc) is 2.82. The van der Waals surface area contributed by atoms with Crippen LogP contribution in [0.15, 0.2) is 12.3 Å². The predicted molar refractivity (Wildman–Crippen MR) is 120 cm³/mol. The van der Waals surface area contributed by atoms with Crippen LogP contribution < -0.4 is 0 Å². The molecule has 1 saturated carbocycles. The second kappa shape index (κ2) is 18.1. The molecule has 1 fully saturated rings. The third-order valence-corrected chi connectivity index (χ3v) is 5.33. The first-order chi connectivity index (χ1) is 16.3. The largest absolute Gasteiger partial charge is 0.390 e. The molecule has 190 valence electrons. The summed E-state index contributed by atoms with van der Waals surface area (Å²) >= 11 is 0. The van der Waals surface area contributed by atoms with Crippen LogP contribution >= 0.6 is 0 Å². The fourth-order valence-corrected chi connectivity index (χ4v) is 3.29. The van der Waals surface area contributed by atoms with E-state index in [1.165, 1.54) is 0 Å². The molecule has 10 heteroatoms. The zero-order chi connectivity index (χ0) is 23.5. The molecule has 1 aliphatic rings. The van der Waals surface area contributed by atoms with E-state index >= 15 is 0 Å². The van der Waals surface area contributed by atoms with Gasteiger partial charge in [0.05, 0.1) is 104 Å². The van der Waals surface area contributed by atoms with E-state index in [1.54, 1.807) is 19.4 Å². The topological polar surface area (TPSA) is 111 Å². The van der Waals surface area contributed by atoms with Crippen molar-refractivity contribution in [2.24, 2.45) is 0 Å². The standard InChI is InChI=1S/C23H40N2O8/c1-27-7-8-28-9-10-29-11-12-30-13-14-31-15-16-32-17-18-33-20-23(4-2-5-23)22-24-6-3-21(19-26)25-22/h3,6,26H,2,4-5,7-20H2,1H3. The predicted octanol–water partition coefficient (Wildman–Crippen LogP) is 1.14. The van der Waals surface area contributed by atoms with Crippen LogP contribution in [-0.4, -0.2) is 108 Å². The summed E-state index contributed by atoms with van der Waals surface area (Å²) in [6.45, 7) is 6.98. The summed E-state index contributed by atoms with van der Waals surface area (Å²) in [5.41, 5.74) is 0.518. The van der Waals surface area contributed by atoms with Gasteiger partial charge in [-0.25, -0.2) is 9.97 Å². The van der Waals surface area contributed by atoms with E-state index < -0.39 is 0 Å². The van der Waals surface area contributed by atoms with Crippen molar-refractivity contribution in [3.05, 3.63) is 23.8 Å². The summed E-state index contributed by atoms with van der Waals surface area (Å²) in [6.07, 6.45) is 4.87. The van der Waals surface area contributed by atoms with E-state index in [9.17, 15) is 5.11 Å². The zero-order valence-electron chi connectivity index (χ0n) is 19.9. The molecule has 0 bridgehead atoms. The van der Waals surface area contributed by atoms with Crippen LogP contribution in [0.25, 0.3) is 0 Å². The van der Waals surface area contributed by atoms with Crippen LogP contribution in [0.1, 0.15) is 30.8 Å². The smallest absolute Gasteiger partial charge is 0.137 e. The van der Waals surface area contributed by atoms with E-state index in [0.717, 1.165) is 25.1 Å². The minimum Gasteiger partial charge on any atom is -0.390 e. The number of aliphatic hydroxyl groups excluding tert-OH is 1. The number of hydrogen-bond acceptors (Lipinski definition) is 10. The number of methoxy groups -OCH3 is 1. The van der Waals surface area contributed by atoms with Crippen molar-refractivity contribution in [3.8, 4) is 0 Å². The highest BCUT2D eigenvalue weighted by atomic mass is 16.6. The molecule has 1 aromatic rings. The Labute approximate surface area is 196 Å². The summed E-state index contributed by atoms with van der Waals surface area (Å²) in [5, 5.41) is 9.30. The lowest BCUT2D eigenvalue weighted by atomic mass is 9.68. The summed E-state index contributed by atoms with van der Waals surface area (Å²) in [4.78, 5) is 8.88. The molecular weight excluding hydrogens is 432 g/mol. The Balaban J connectivity index is 1.35. The molecule has 1 aliphatic carbocycles. The van der Waals surface area contributed by atoms with Gasteiger partial charge < -0.3 is 38.3 Å². The molecule has 1 N–H and O–H groups in total. The highest BCUT2D eigenvalue weighted by molar-refractivity contribution is 5.15. The third-order valence-electron chi connectivity index (χ3n) is 5.33. The molecule has 0 aromatic carbocycles. The third kappa shape index (κ3) is 11.6. The Morgan fingerprint density at radius 2 is 1.24 bits per heavy atom. The summed E-state index contributed by atoms with van der Waals surface area (Å²) in [7, 11) is 1.65. The minimum atomic E-state index is -0.128. The van der Waals surface area contributed by atoms with Crippen LogP contribution in [-0.2, 0) is 45.2 Å². The number of hydrogen-bond donors (Lipinski definition) is 1. The van der Waals surface area contributed by atoms with Crippen molar-refractivity contribution in [2.45, 2.75) is 31.3 Å². The molecule has 0 spiro atoms. The van der Waals surface area contributed by atoms with Crippen molar-refractivity contribution in [1.82, 2.24) is 9.97 Å². The van der Waals surface area contributed by atoms with Crippen molar-refractivity contribution in [3.63, 3.8) is 0 Å². The van der Waals surface area contributed by atoms with Crippen molar-refractivity contribution in [2.75, 3.05) is 93.0 Å². The molecular formula is C23H40N2O8. The first-order valence-corrected chi connectivity index (χ1v) is 11.7. The maximum atomic E-state index is 9.30. The number of aliphatic hydroxyl groups is 1. The lowest BCUT2D eigenvalue weighted by molar-refractivity contribution is -0.0252. The van der Waals surface area contributed by atoms with Gasteiger partial charge in [-0.1, -0.05) is 6.42 Å². The van der Waals surface area contributed by atoms with Crippen LogP contribution in [0.2, 0.25) is 0 Å². The lowest BCUT2D eigenvalue weighted by Crippen LogP contribution is -2.41. The van der Waals surface area contributed by atoms with E-state index in [0.29, 0.717) is 91.6 Å². The average molecular weight is 473 g/mol. The number of ether oxygens (including phenoxy) is 7. The Bertz CT molecular complexity index is 604. The van der Waals surface area contributed by atoms with Gasteiger partial charge in [0.25, 0.3) is 0 Å². The van der Waals surface area contributed by atoms with Crippen LogP contribution in [0, 0.1) is 0 Å². The number of rotatable bonds is 22. The monoisotopic (exact) mass is 472 g/mol. The van der Waals surface area contributed by atoms with E-state index in [1.807, 2.05) is 0 Å². The molecule has 0 amide bonds. The SMILES string of the molecule is COCCOCCOCCOCCOCCOCCOCC1(c2nccc(CO)n2)CCC1. The summed E-state index contributed by atoms with van der Waals surface area (Å²) in [5.74, 6) is 0.773. The highest BCUT2D eigenvalue weighted by Crippen LogP contribution is 2.42. The van der Waals surface area contributed by atoms with Gasteiger partial charge in [0, 0.05) is 13.3 Å². The quantitative estimate of drug-likeness (QED) is 0.247. The lowest BCUT2D eigenvalue weighted by Gasteiger charge is -2.40. The van der Waals surface area contributed by atoms with Gasteiger partial charge >= 0.3 is 0 Å². The molecule has 0 unspecified atom stereocenters. The van der Waals surface area contributed by atoms with Crippen molar-refractivity contribution < 1.29 is 38.3 Å². The summed E-state index contributed by atoms with van der Waals surface area (Å²) < 4.78 is 37.9. The van der Waals surface area contributed by atoms with Crippen molar-refractivity contribution >= 4 is 0 Å². The van der Waals surface area contributed by atoms with Gasteiger partial charge in [-0.3, -0.25) is 0 Å². The molecule has 0 radical (unpaired) electrons. The Hall–Kier alpha value is -1.24. The van der Waals surface area contributed by atoms with Gasteiger partial charge in [0.2, 0.25) is 0 Å². The van der Waals surface area contributed by atoms with Gasteiger partial charge in [-0.05, 0) is 18.9 Å². The van der Waals surface area contributed by atoms with Crippen LogP contribution in [0.4, 0.5) is 0 Å². The molecule has 1 heterocycles. The Kier molecular flexibility index (Phi) is 15.4. The second-order valence-corrected chi connectivity index (χ2v) is 7.77. The maximum absolute atomic E-state index is 9.30. The fraction of sp³-hybridized carbons (Fsp3) is 0.826. The normalized spacial score (nSPS) is 15.0. The Morgan fingerprint density at radius 1 is 0.758 bits per heavy atom. The van der Waals surface area contributed by atoms with Gasteiger partial charge in [-0.2, -0.15) is 0 Å². The van der Waals surface area contributed by atoms with Gasteiger partial charge in [0.15, 0.2) is 0 Å². The molecule has 10 nitrogen and oxygen atoms in total. The van der Waals surface area contributed by atoms with Crippen LogP contribution in [0.3, 0.4) is 0 Å². The van der Waals surface area contributed by atoms with Gasteiger partial charge in [-0.15, -0.1) is 0 Å². The Morgan fingerprint density at radius 3 is 1.67 bits per heavy atom. The van der Waals surface area contributed by atoms with E-state index in [4.69, 9.17) is 33.2 Å². The first kappa shape index (κ1) is 28.0. The van der Waals surface area contributed by atoms with Crippen molar-refractivity contribution in [1.29, 1.82) is 0 Å². The summed E-state index contributed by atoms with van der Waals surface area (Å²) in [6, 6.07) is 1.73. The fourth-order valence-electron chi connectivity index (χ4n) is 3.29. The van der Waals surface area contributed by atoms with Gasteiger partial charge in [0.1, 0.15) is 5.82 Å². The molecule has 33 heavy (non-hydrogen) atoms. The highest BCUT2D eigenvalue weighted by Gasteiger charge is 2.41. The maximum Gasteiger partial charge on any atom is 0.137 e. The number of nitrogens with zero attached hydrogens (tertiary/aromatic N) is 2. The first-order valence-electron chi connectivity index (χ1n) is 11.7. The zero-order valence-corrected chi connectivity index (χ0v) is 19.9. The molecule has 0 atom stereocenters. The number of aromatic nitrogens is 2. The molecule has 0 aliphatic heterocycles. The minimum absolute atomic E-state index is 0.0746. The van der Waals surface area contributed by atoms with E-state index in [2.05, 4.69) is 9.97 Å². The molecule has 1 aromatic heterocycles. The second-order valence-electron chi connectivity index (χ2n) is 7.77. The molecule has 0 saturated heterocycles. The van der Waals surface area contributed by atoms with Crippen LogP contribution in [0.5, 0.6) is 0 Å². The molecule has 2 rings (SSSR count). The van der Waals surface area contributed by atoms with E-state index in [-0.39, 0.29) is 12.0 Å².